The molecule has 5 heteroatoms. The number of nitrogens with one attached hydrogen (secondary N) is 1. The molecule has 0 bridgehead atoms. The van der Waals surface area contributed by atoms with Gasteiger partial charge in [-0.2, -0.15) is 0 Å². The van der Waals surface area contributed by atoms with Crippen LogP contribution >= 0.6 is 0 Å². The summed E-state index contributed by atoms with van der Waals surface area (Å²) in [6, 6.07) is 18.2. The third kappa shape index (κ3) is 3.63. The lowest BCUT2D eigenvalue weighted by molar-refractivity contribution is 0.0565. The third-order valence-corrected chi connectivity index (χ3v) is 5.85. The lowest BCUT2D eigenvalue weighted by Crippen LogP contribution is -2.38. The van der Waals surface area contributed by atoms with E-state index in [1.807, 2.05) is 29.2 Å². The Morgan fingerprint density at radius 3 is 2.90 bits per heavy atom. The van der Waals surface area contributed by atoms with Gasteiger partial charge >= 0.3 is 0 Å². The van der Waals surface area contributed by atoms with Crippen molar-refractivity contribution in [2.45, 2.75) is 38.6 Å². The van der Waals surface area contributed by atoms with Crippen LogP contribution in [0, 0.1) is 6.92 Å². The van der Waals surface area contributed by atoms with Gasteiger partial charge in [-0.1, -0.05) is 42.5 Å². The standard InChI is InChI=1S/C25H25N3O2/c1-17-10-11-19-15-22(27-21(19)13-17)25(29)28-12-6-5-9-23(28)24-26-16-20(30-24)14-18-7-3-2-4-8-18/h2-4,7-8,10-11,13,15-16,23,27H,5-6,9,12,14H2,1H3/t23-/m1/s1. The second kappa shape index (κ2) is 7.82. The SMILES string of the molecule is Cc1ccc2cc(C(=O)N3CCCC[C@@H]3c3ncc(Cc4ccccc4)o3)[nH]c2c1. The molecule has 1 saturated heterocycles. The number of nitrogens with zero attached hydrogens (tertiary/aromatic N) is 2. The van der Waals surface area contributed by atoms with Gasteiger partial charge in [-0.25, -0.2) is 4.98 Å². The largest absolute Gasteiger partial charge is 0.443 e. The molecule has 2 aromatic heterocycles. The zero-order chi connectivity index (χ0) is 20.5. The Bertz CT molecular complexity index is 1180. The minimum atomic E-state index is -0.121. The Morgan fingerprint density at radius 1 is 1.17 bits per heavy atom. The van der Waals surface area contributed by atoms with Gasteiger partial charge in [-0.15, -0.1) is 0 Å². The van der Waals surface area contributed by atoms with Crippen molar-refractivity contribution >= 4 is 16.8 Å². The normalized spacial score (nSPS) is 16.8. The summed E-state index contributed by atoms with van der Waals surface area (Å²) >= 11 is 0. The van der Waals surface area contributed by atoms with E-state index in [-0.39, 0.29) is 11.9 Å². The number of H-pyrrole nitrogens is 1. The van der Waals surface area contributed by atoms with Crippen LogP contribution in [0.3, 0.4) is 0 Å². The van der Waals surface area contributed by atoms with Crippen molar-refractivity contribution in [3.8, 4) is 0 Å². The Morgan fingerprint density at radius 2 is 2.03 bits per heavy atom. The molecule has 1 aliphatic heterocycles. The third-order valence-electron chi connectivity index (χ3n) is 5.85. The second-order valence-corrected chi connectivity index (χ2v) is 8.11. The van der Waals surface area contributed by atoms with Crippen LogP contribution in [0.15, 0.2) is 65.2 Å². The van der Waals surface area contributed by atoms with E-state index in [0.717, 1.165) is 35.9 Å². The smallest absolute Gasteiger partial charge is 0.270 e. The number of benzene rings is 2. The number of likely N-dealkylation sites (tertiary alicyclic amines) is 1. The number of aromatic nitrogens is 2. The van der Waals surface area contributed by atoms with E-state index < -0.39 is 0 Å². The van der Waals surface area contributed by atoms with Gasteiger partial charge in [0.25, 0.3) is 5.91 Å². The quantitative estimate of drug-likeness (QED) is 0.498. The Kier molecular flexibility index (Phi) is 4.87. The fourth-order valence-electron chi connectivity index (χ4n) is 4.30. The van der Waals surface area contributed by atoms with E-state index in [2.05, 4.69) is 47.2 Å². The minimum absolute atomic E-state index is 0.0105. The first-order valence-electron chi connectivity index (χ1n) is 10.6. The number of rotatable bonds is 4. The average Bonchev–Trinajstić information content (AvgIpc) is 3.40. The first-order valence-corrected chi connectivity index (χ1v) is 10.6. The Hall–Kier alpha value is -3.34. The maximum atomic E-state index is 13.4. The molecule has 0 unspecified atom stereocenters. The first-order chi connectivity index (χ1) is 14.7. The molecule has 0 radical (unpaired) electrons. The van der Waals surface area contributed by atoms with Crippen LogP contribution in [0.1, 0.15) is 58.6 Å². The topological polar surface area (TPSA) is 62.1 Å². The van der Waals surface area contributed by atoms with Crippen molar-refractivity contribution in [3.63, 3.8) is 0 Å². The molecule has 5 rings (SSSR count). The molecule has 1 fully saturated rings. The van der Waals surface area contributed by atoms with Gasteiger partial charge in [-0.3, -0.25) is 4.79 Å². The summed E-state index contributed by atoms with van der Waals surface area (Å²) in [6.07, 6.45) is 5.44. The van der Waals surface area contributed by atoms with Crippen LogP contribution in [-0.4, -0.2) is 27.3 Å². The summed E-state index contributed by atoms with van der Waals surface area (Å²) in [4.78, 5) is 23.1. The van der Waals surface area contributed by atoms with E-state index in [0.29, 0.717) is 24.6 Å². The molecule has 1 amide bonds. The predicted octanol–water partition coefficient (Wildman–Crippen LogP) is 5.42. The van der Waals surface area contributed by atoms with Gasteiger partial charge in [0.15, 0.2) is 0 Å². The molecule has 0 saturated carbocycles. The van der Waals surface area contributed by atoms with Crippen molar-refractivity contribution < 1.29 is 9.21 Å². The number of oxazole rings is 1. The van der Waals surface area contributed by atoms with Crippen LogP contribution in [0.5, 0.6) is 0 Å². The first kappa shape index (κ1) is 18.7. The van der Waals surface area contributed by atoms with E-state index in [1.165, 1.54) is 11.1 Å². The van der Waals surface area contributed by atoms with Gasteiger partial charge in [0.05, 0.1) is 6.20 Å². The van der Waals surface area contributed by atoms with Crippen molar-refractivity contribution in [3.05, 3.63) is 89.3 Å². The van der Waals surface area contributed by atoms with Crippen molar-refractivity contribution in [2.75, 3.05) is 6.54 Å². The van der Waals surface area contributed by atoms with E-state index in [9.17, 15) is 4.79 Å². The number of hydrogen-bond acceptors (Lipinski definition) is 3. The zero-order valence-electron chi connectivity index (χ0n) is 17.1. The summed E-state index contributed by atoms with van der Waals surface area (Å²) in [5, 5.41) is 1.05. The van der Waals surface area contributed by atoms with Crippen molar-refractivity contribution in [1.29, 1.82) is 0 Å². The molecule has 4 aromatic rings. The van der Waals surface area contributed by atoms with Crippen molar-refractivity contribution in [1.82, 2.24) is 14.9 Å². The molecule has 1 aliphatic rings. The highest BCUT2D eigenvalue weighted by atomic mass is 16.4. The minimum Gasteiger partial charge on any atom is -0.443 e. The van der Waals surface area contributed by atoms with Gasteiger partial charge in [0.1, 0.15) is 17.5 Å². The summed E-state index contributed by atoms with van der Waals surface area (Å²) in [5.74, 6) is 1.48. The average molecular weight is 399 g/mol. The lowest BCUT2D eigenvalue weighted by Gasteiger charge is -2.33. The molecule has 30 heavy (non-hydrogen) atoms. The number of fused-ring (bicyclic) bond motifs is 1. The number of aryl methyl sites for hydroxylation is 1. The van der Waals surface area contributed by atoms with Gasteiger partial charge in [0, 0.05) is 23.9 Å². The maximum absolute atomic E-state index is 13.4. The molecule has 1 N–H and O–H groups in total. The highest BCUT2D eigenvalue weighted by Gasteiger charge is 2.32. The molecular formula is C25H25N3O2. The molecule has 1 atom stereocenters. The van der Waals surface area contributed by atoms with Crippen LogP contribution in [0.25, 0.3) is 10.9 Å². The summed E-state index contributed by atoms with van der Waals surface area (Å²) in [6.45, 7) is 2.77. The lowest BCUT2D eigenvalue weighted by atomic mass is 10.0. The van der Waals surface area contributed by atoms with Gasteiger partial charge in [-0.05, 0) is 49.4 Å². The van der Waals surface area contributed by atoms with E-state index >= 15 is 0 Å². The molecule has 5 nitrogen and oxygen atoms in total. The number of carbonyl (C=O) groups excluding carboxylic acids is 1. The van der Waals surface area contributed by atoms with E-state index in [4.69, 9.17) is 4.42 Å². The van der Waals surface area contributed by atoms with E-state index in [1.54, 1.807) is 6.20 Å². The summed E-state index contributed by atoms with van der Waals surface area (Å²) in [5.41, 5.74) is 3.97. The fourth-order valence-corrected chi connectivity index (χ4v) is 4.30. The number of amides is 1. The number of aromatic amines is 1. The predicted molar refractivity (Wildman–Crippen MR) is 116 cm³/mol. The van der Waals surface area contributed by atoms with Crippen LogP contribution in [-0.2, 0) is 6.42 Å². The fraction of sp³-hybridized carbons (Fsp3) is 0.280. The molecule has 0 spiro atoms. The monoisotopic (exact) mass is 399 g/mol. The van der Waals surface area contributed by atoms with Crippen LogP contribution in [0.4, 0.5) is 0 Å². The highest BCUT2D eigenvalue weighted by Crippen LogP contribution is 2.32. The van der Waals surface area contributed by atoms with Crippen molar-refractivity contribution in [2.24, 2.45) is 0 Å². The van der Waals surface area contributed by atoms with Gasteiger partial charge in [0.2, 0.25) is 5.89 Å². The summed E-state index contributed by atoms with van der Waals surface area (Å²) in [7, 11) is 0. The maximum Gasteiger partial charge on any atom is 0.270 e. The number of carbonyl (C=O) groups is 1. The molecular weight excluding hydrogens is 374 g/mol. The molecule has 152 valence electrons. The van der Waals surface area contributed by atoms with Crippen LogP contribution < -0.4 is 0 Å². The summed E-state index contributed by atoms with van der Waals surface area (Å²) < 4.78 is 6.10. The molecule has 3 heterocycles. The highest BCUT2D eigenvalue weighted by molar-refractivity contribution is 5.98. The molecule has 2 aromatic carbocycles. The number of piperidine rings is 1. The van der Waals surface area contributed by atoms with Gasteiger partial charge < -0.3 is 14.3 Å². The molecule has 0 aliphatic carbocycles. The second-order valence-electron chi connectivity index (χ2n) is 8.11. The Labute approximate surface area is 175 Å². The Balaban J connectivity index is 1.39. The zero-order valence-corrected chi connectivity index (χ0v) is 17.1. The number of hydrogen-bond donors (Lipinski definition) is 1. The van der Waals surface area contributed by atoms with Crippen LogP contribution in [0.2, 0.25) is 0 Å².